The molecule has 0 saturated carbocycles. The molecule has 9 nitrogen and oxygen atoms in total. The summed E-state index contributed by atoms with van der Waals surface area (Å²) in [5.74, 6) is 2.16. The third-order valence-electron chi connectivity index (χ3n) is 3.55. The van der Waals surface area contributed by atoms with E-state index in [0.29, 0.717) is 0 Å². The SMILES string of the molecule is C#CC1(Cl)[C@@H](O)[C@@H](CO)O[C@H]1n1cnc2c(=O)[nH]c(N)nc21. The van der Waals surface area contributed by atoms with Crippen molar-refractivity contribution in [3.63, 3.8) is 0 Å². The van der Waals surface area contributed by atoms with Gasteiger partial charge in [-0.2, -0.15) is 4.98 Å². The molecule has 3 heterocycles. The number of terminal acetylenes is 1. The summed E-state index contributed by atoms with van der Waals surface area (Å²) >= 11 is 6.30. The molecule has 3 rings (SSSR count). The summed E-state index contributed by atoms with van der Waals surface area (Å²) in [5.41, 5.74) is 5.13. The van der Waals surface area contributed by atoms with E-state index >= 15 is 0 Å². The van der Waals surface area contributed by atoms with Gasteiger partial charge in [-0.1, -0.05) is 17.5 Å². The van der Waals surface area contributed by atoms with E-state index in [1.54, 1.807) is 0 Å². The number of H-pyrrole nitrogens is 1. The number of aliphatic hydroxyl groups is 2. The Hall–Kier alpha value is -2.12. The van der Waals surface area contributed by atoms with E-state index < -0.39 is 35.5 Å². The first-order chi connectivity index (χ1) is 10.4. The van der Waals surface area contributed by atoms with Crippen molar-refractivity contribution < 1.29 is 14.9 Å². The normalized spacial score (nSPS) is 31.5. The van der Waals surface area contributed by atoms with Crippen LogP contribution in [-0.2, 0) is 4.74 Å². The minimum absolute atomic E-state index is 0.0239. The molecule has 2 aromatic rings. The number of anilines is 1. The maximum Gasteiger partial charge on any atom is 0.280 e. The lowest BCUT2D eigenvalue weighted by Crippen LogP contribution is -2.41. The second-order valence-corrected chi connectivity index (χ2v) is 5.47. The van der Waals surface area contributed by atoms with Crippen LogP contribution in [-0.4, -0.2) is 53.4 Å². The van der Waals surface area contributed by atoms with Gasteiger partial charge in [0.2, 0.25) is 5.95 Å². The highest BCUT2D eigenvalue weighted by Gasteiger charge is 2.55. The van der Waals surface area contributed by atoms with E-state index in [0.717, 1.165) is 0 Å². The third kappa shape index (κ3) is 1.89. The van der Waals surface area contributed by atoms with E-state index in [1.807, 2.05) is 0 Å². The van der Waals surface area contributed by atoms with Crippen LogP contribution in [0.4, 0.5) is 5.95 Å². The number of alkyl halides is 1. The summed E-state index contributed by atoms with van der Waals surface area (Å²) in [6, 6.07) is 0. The first kappa shape index (κ1) is 14.8. The molecule has 1 unspecified atom stereocenters. The van der Waals surface area contributed by atoms with Gasteiger partial charge < -0.3 is 20.7 Å². The number of aromatic amines is 1. The monoisotopic (exact) mass is 325 g/mol. The zero-order valence-electron chi connectivity index (χ0n) is 11.1. The lowest BCUT2D eigenvalue weighted by atomic mass is 9.99. The molecule has 1 aliphatic heterocycles. The minimum atomic E-state index is -1.65. The number of nitrogens with two attached hydrogens (primary N) is 1. The second kappa shape index (κ2) is 4.96. The number of ether oxygens (including phenoxy) is 1. The van der Waals surface area contributed by atoms with Gasteiger partial charge in [-0.3, -0.25) is 14.3 Å². The Morgan fingerprint density at radius 1 is 1.68 bits per heavy atom. The Balaban J connectivity index is 2.19. The molecule has 1 fully saturated rings. The van der Waals surface area contributed by atoms with E-state index in [4.69, 9.17) is 28.5 Å². The molecule has 2 aromatic heterocycles. The van der Waals surface area contributed by atoms with Gasteiger partial charge >= 0.3 is 0 Å². The van der Waals surface area contributed by atoms with Gasteiger partial charge in [-0.15, -0.1) is 6.42 Å². The molecular weight excluding hydrogens is 314 g/mol. The van der Waals surface area contributed by atoms with Crippen molar-refractivity contribution in [2.24, 2.45) is 0 Å². The zero-order chi connectivity index (χ0) is 16.1. The minimum Gasteiger partial charge on any atom is -0.394 e. The Morgan fingerprint density at radius 2 is 2.41 bits per heavy atom. The van der Waals surface area contributed by atoms with Crippen LogP contribution in [0.5, 0.6) is 0 Å². The summed E-state index contributed by atoms with van der Waals surface area (Å²) in [4.78, 5) is 20.4. The number of aromatic nitrogens is 4. The molecule has 0 amide bonds. The van der Waals surface area contributed by atoms with Crippen molar-refractivity contribution >= 4 is 28.7 Å². The summed E-state index contributed by atoms with van der Waals surface area (Å²) in [7, 11) is 0. The molecule has 116 valence electrons. The first-order valence-electron chi connectivity index (χ1n) is 6.25. The van der Waals surface area contributed by atoms with Gasteiger partial charge in [-0.05, 0) is 0 Å². The highest BCUT2D eigenvalue weighted by molar-refractivity contribution is 6.27. The number of halogens is 1. The van der Waals surface area contributed by atoms with Gasteiger partial charge in [0.1, 0.15) is 12.2 Å². The molecule has 1 saturated heterocycles. The lowest BCUT2D eigenvalue weighted by Gasteiger charge is -2.25. The number of hydrogen-bond acceptors (Lipinski definition) is 7. The number of imidazole rings is 1. The highest BCUT2D eigenvalue weighted by Crippen LogP contribution is 2.43. The fourth-order valence-corrected chi connectivity index (χ4v) is 2.73. The number of nitrogens with zero attached hydrogens (tertiary/aromatic N) is 3. The van der Waals surface area contributed by atoms with Gasteiger partial charge in [0.15, 0.2) is 22.3 Å². The van der Waals surface area contributed by atoms with Gasteiger partial charge in [0.25, 0.3) is 5.56 Å². The molecule has 10 heteroatoms. The van der Waals surface area contributed by atoms with Crippen LogP contribution in [0, 0.1) is 12.3 Å². The van der Waals surface area contributed by atoms with Gasteiger partial charge in [0, 0.05) is 0 Å². The molecule has 5 N–H and O–H groups in total. The van der Waals surface area contributed by atoms with Gasteiger partial charge in [-0.25, -0.2) is 4.98 Å². The third-order valence-corrected chi connectivity index (χ3v) is 4.07. The Labute approximate surface area is 128 Å². The Bertz CT molecular complexity index is 827. The van der Waals surface area contributed by atoms with Crippen molar-refractivity contribution in [2.45, 2.75) is 23.3 Å². The van der Waals surface area contributed by atoms with Crippen molar-refractivity contribution in [3.05, 3.63) is 16.7 Å². The molecule has 0 radical (unpaired) electrons. The summed E-state index contributed by atoms with van der Waals surface area (Å²) in [5, 5.41) is 19.4. The molecular formula is C12H12ClN5O4. The summed E-state index contributed by atoms with van der Waals surface area (Å²) < 4.78 is 6.83. The standard InChI is InChI=1S/C12H12ClN5O4/c1-2-12(13)7(20)5(3-19)22-10(12)18-4-15-6-8(18)16-11(14)17-9(6)21/h1,4-5,7,10,19-20H,3H2,(H3,14,16,17,21)/t5-,7+,10-,12?/m1/s1. The molecule has 0 aliphatic carbocycles. The predicted molar refractivity (Wildman–Crippen MR) is 77.0 cm³/mol. The van der Waals surface area contributed by atoms with E-state index in [9.17, 15) is 15.0 Å². The molecule has 0 aromatic carbocycles. The van der Waals surface area contributed by atoms with E-state index in [-0.39, 0.29) is 17.1 Å². The largest absolute Gasteiger partial charge is 0.394 e. The maximum atomic E-state index is 11.8. The van der Waals surface area contributed by atoms with Crippen LogP contribution < -0.4 is 11.3 Å². The number of fused-ring (bicyclic) bond motifs is 1. The van der Waals surface area contributed by atoms with Crippen molar-refractivity contribution in [2.75, 3.05) is 12.3 Å². The van der Waals surface area contributed by atoms with E-state index in [1.165, 1.54) is 10.9 Å². The van der Waals surface area contributed by atoms with Gasteiger partial charge in [0.05, 0.1) is 12.9 Å². The predicted octanol–water partition coefficient (Wildman–Crippen LogP) is -1.44. The average molecular weight is 326 g/mol. The van der Waals surface area contributed by atoms with Crippen LogP contribution in [0.3, 0.4) is 0 Å². The average Bonchev–Trinajstić information content (AvgIpc) is 3.00. The molecule has 0 bridgehead atoms. The number of nitrogens with one attached hydrogen (secondary N) is 1. The highest BCUT2D eigenvalue weighted by atomic mass is 35.5. The molecule has 1 aliphatic rings. The van der Waals surface area contributed by atoms with Crippen LogP contribution in [0.25, 0.3) is 11.2 Å². The van der Waals surface area contributed by atoms with Crippen molar-refractivity contribution in [3.8, 4) is 12.3 Å². The van der Waals surface area contributed by atoms with Crippen LogP contribution >= 0.6 is 11.6 Å². The summed E-state index contributed by atoms with van der Waals surface area (Å²) in [6.07, 6.45) is 3.32. The van der Waals surface area contributed by atoms with Crippen LogP contribution in [0.1, 0.15) is 6.23 Å². The first-order valence-corrected chi connectivity index (χ1v) is 6.63. The molecule has 22 heavy (non-hydrogen) atoms. The lowest BCUT2D eigenvalue weighted by molar-refractivity contribution is -0.0436. The number of aliphatic hydroxyl groups excluding tert-OH is 2. The zero-order valence-corrected chi connectivity index (χ0v) is 11.9. The molecule has 4 atom stereocenters. The van der Waals surface area contributed by atoms with Crippen LogP contribution in [0.15, 0.2) is 11.1 Å². The topological polar surface area (TPSA) is 139 Å². The fraction of sp³-hybridized carbons (Fsp3) is 0.417. The number of nitrogen functional groups attached to an aromatic ring is 1. The maximum absolute atomic E-state index is 11.8. The summed E-state index contributed by atoms with van der Waals surface area (Å²) in [6.45, 7) is -0.476. The molecule has 0 spiro atoms. The van der Waals surface area contributed by atoms with Crippen LogP contribution in [0.2, 0.25) is 0 Å². The van der Waals surface area contributed by atoms with Crippen molar-refractivity contribution in [1.82, 2.24) is 19.5 Å². The fourth-order valence-electron chi connectivity index (χ4n) is 2.44. The number of rotatable bonds is 2. The van der Waals surface area contributed by atoms with E-state index in [2.05, 4.69) is 20.9 Å². The quantitative estimate of drug-likeness (QED) is 0.392. The Kier molecular flexibility index (Phi) is 3.34. The Morgan fingerprint density at radius 3 is 3.05 bits per heavy atom. The smallest absolute Gasteiger partial charge is 0.280 e. The number of hydrogen-bond donors (Lipinski definition) is 4. The van der Waals surface area contributed by atoms with Crippen molar-refractivity contribution in [1.29, 1.82) is 0 Å². The second-order valence-electron chi connectivity index (χ2n) is 4.84.